The fourth-order valence-corrected chi connectivity index (χ4v) is 9.13. The van der Waals surface area contributed by atoms with Crippen LogP contribution in [0.3, 0.4) is 0 Å². The molecule has 0 aliphatic carbocycles. The van der Waals surface area contributed by atoms with Gasteiger partial charge in [-0.15, -0.1) is 0 Å². The van der Waals surface area contributed by atoms with Crippen molar-refractivity contribution in [1.29, 1.82) is 0 Å². The first-order valence-corrected chi connectivity index (χ1v) is 19.6. The van der Waals surface area contributed by atoms with Crippen LogP contribution in [0.4, 0.5) is 0 Å². The standard InChI is InChI=1S/C40H74O7/c1-10-15-20-21-22-27-39(29(6)23-16-11-2,30(7)24-17-12-3)40(31(8)25-18-13-4,32(9)26-19-14-5)38(45)47-36-34(43)37(44)46-35(36)33(42)28-41/h29-33,35,41-43H,10-28H2,1-9H3. The molecule has 0 aromatic rings. The Labute approximate surface area is 288 Å². The van der Waals surface area contributed by atoms with Gasteiger partial charge in [-0.2, -0.15) is 0 Å². The normalized spacial score (nSPS) is 21.0. The quantitative estimate of drug-likeness (QED) is 0.0590. The lowest BCUT2D eigenvalue weighted by molar-refractivity contribution is -0.199. The fraction of sp³-hybridized carbons (Fsp3) is 0.900. The van der Waals surface area contributed by atoms with Crippen LogP contribution in [-0.4, -0.2) is 46.1 Å². The van der Waals surface area contributed by atoms with Crippen molar-refractivity contribution < 1.29 is 34.4 Å². The summed E-state index contributed by atoms with van der Waals surface area (Å²) in [7, 11) is 0. The highest BCUT2D eigenvalue weighted by atomic mass is 16.6. The fourth-order valence-electron chi connectivity index (χ4n) is 9.13. The van der Waals surface area contributed by atoms with Crippen molar-refractivity contribution in [1.82, 2.24) is 0 Å². The maximum Gasteiger partial charge on any atom is 0.378 e. The van der Waals surface area contributed by atoms with Gasteiger partial charge in [0, 0.05) is 0 Å². The number of hydrogen-bond donors (Lipinski definition) is 3. The number of carbonyl (C=O) groups excluding carboxylic acids is 2. The summed E-state index contributed by atoms with van der Waals surface area (Å²) in [6.07, 6.45) is 15.7. The largest absolute Gasteiger partial charge is 0.499 e. The van der Waals surface area contributed by atoms with Gasteiger partial charge in [-0.25, -0.2) is 4.79 Å². The third kappa shape index (κ3) is 10.4. The van der Waals surface area contributed by atoms with Crippen LogP contribution in [0.1, 0.15) is 178 Å². The zero-order chi connectivity index (χ0) is 35.6. The molecular weight excluding hydrogens is 592 g/mol. The average Bonchev–Trinajstić information content (AvgIpc) is 3.34. The minimum atomic E-state index is -1.52. The molecule has 6 unspecified atom stereocenters. The third-order valence-corrected chi connectivity index (χ3v) is 11.7. The molecule has 0 aromatic heterocycles. The molecule has 6 atom stereocenters. The number of hydrogen-bond acceptors (Lipinski definition) is 7. The Morgan fingerprint density at radius 3 is 1.57 bits per heavy atom. The van der Waals surface area contributed by atoms with Gasteiger partial charge >= 0.3 is 11.9 Å². The topological polar surface area (TPSA) is 113 Å². The molecule has 7 heteroatoms. The smallest absolute Gasteiger partial charge is 0.378 e. The molecular formula is C40H74O7. The maximum absolute atomic E-state index is 15.6. The highest BCUT2D eigenvalue weighted by Gasteiger charge is 2.65. The molecule has 3 N–H and O–H groups in total. The second kappa shape index (κ2) is 22.2. The molecule has 1 heterocycles. The minimum absolute atomic E-state index is 0.0346. The summed E-state index contributed by atoms with van der Waals surface area (Å²) in [5.74, 6) is -2.25. The molecule has 47 heavy (non-hydrogen) atoms. The second-order valence-electron chi connectivity index (χ2n) is 14.9. The maximum atomic E-state index is 15.6. The number of rotatable bonds is 27. The monoisotopic (exact) mass is 667 g/mol. The van der Waals surface area contributed by atoms with E-state index in [0.717, 1.165) is 96.3 Å². The minimum Gasteiger partial charge on any atom is -0.499 e. The first kappa shape index (κ1) is 43.4. The summed E-state index contributed by atoms with van der Waals surface area (Å²) < 4.78 is 11.6. The van der Waals surface area contributed by atoms with Crippen molar-refractivity contribution in [3.8, 4) is 0 Å². The predicted octanol–water partition coefficient (Wildman–Crippen LogP) is 10.2. The Morgan fingerprint density at radius 2 is 1.15 bits per heavy atom. The van der Waals surface area contributed by atoms with Gasteiger partial charge in [0.05, 0.1) is 12.0 Å². The summed E-state index contributed by atoms with van der Waals surface area (Å²) in [4.78, 5) is 28.2. The number of aliphatic hydroxyl groups excluding tert-OH is 3. The van der Waals surface area contributed by atoms with Gasteiger partial charge in [0.1, 0.15) is 6.10 Å². The third-order valence-electron chi connectivity index (χ3n) is 11.7. The summed E-state index contributed by atoms with van der Waals surface area (Å²) >= 11 is 0. The van der Waals surface area contributed by atoms with E-state index in [-0.39, 0.29) is 29.4 Å². The predicted molar refractivity (Wildman–Crippen MR) is 192 cm³/mol. The summed E-state index contributed by atoms with van der Waals surface area (Å²) in [6.45, 7) is 19.6. The van der Waals surface area contributed by atoms with Crippen molar-refractivity contribution in [2.75, 3.05) is 6.61 Å². The van der Waals surface area contributed by atoms with Crippen LogP contribution in [0, 0.1) is 34.5 Å². The van der Waals surface area contributed by atoms with Crippen LogP contribution in [0.15, 0.2) is 11.5 Å². The Bertz CT molecular complexity index is 900. The molecule has 0 radical (unpaired) electrons. The highest BCUT2D eigenvalue weighted by Crippen LogP contribution is 2.65. The second-order valence-corrected chi connectivity index (χ2v) is 14.9. The molecule has 0 saturated heterocycles. The Morgan fingerprint density at radius 1 is 0.723 bits per heavy atom. The lowest BCUT2D eigenvalue weighted by atomic mass is 9.42. The zero-order valence-electron chi connectivity index (χ0n) is 31.9. The molecule has 0 aromatic carbocycles. The van der Waals surface area contributed by atoms with E-state index < -0.39 is 47.3 Å². The van der Waals surface area contributed by atoms with Gasteiger partial charge in [0.25, 0.3) is 0 Å². The van der Waals surface area contributed by atoms with E-state index in [4.69, 9.17) is 9.47 Å². The molecule has 0 amide bonds. The van der Waals surface area contributed by atoms with E-state index >= 15 is 4.79 Å². The number of cyclic esters (lactones) is 1. The van der Waals surface area contributed by atoms with Gasteiger partial charge in [-0.05, 0) is 48.3 Å². The molecule has 0 bridgehead atoms. The molecule has 0 spiro atoms. The van der Waals surface area contributed by atoms with Crippen LogP contribution in [0.2, 0.25) is 0 Å². The first-order chi connectivity index (χ1) is 22.4. The Kier molecular flexibility index (Phi) is 20.5. The van der Waals surface area contributed by atoms with Crippen LogP contribution >= 0.6 is 0 Å². The highest BCUT2D eigenvalue weighted by molar-refractivity contribution is 5.90. The van der Waals surface area contributed by atoms with Gasteiger partial charge < -0.3 is 24.8 Å². The van der Waals surface area contributed by atoms with Gasteiger partial charge in [-0.3, -0.25) is 4.79 Å². The number of carbonyl (C=O) groups is 2. The van der Waals surface area contributed by atoms with E-state index in [1.807, 2.05) is 0 Å². The molecule has 0 fully saturated rings. The van der Waals surface area contributed by atoms with E-state index in [1.54, 1.807) is 0 Å². The summed E-state index contributed by atoms with van der Waals surface area (Å²) in [5.41, 5.74) is -1.35. The van der Waals surface area contributed by atoms with E-state index in [9.17, 15) is 20.1 Å². The molecule has 1 rings (SSSR count). The van der Waals surface area contributed by atoms with Crippen LogP contribution in [0.25, 0.3) is 0 Å². The van der Waals surface area contributed by atoms with Crippen molar-refractivity contribution in [3.63, 3.8) is 0 Å². The Hall–Kier alpha value is -1.60. The van der Waals surface area contributed by atoms with E-state index in [2.05, 4.69) is 62.3 Å². The number of ether oxygens (including phenoxy) is 2. The zero-order valence-corrected chi connectivity index (χ0v) is 31.9. The first-order valence-electron chi connectivity index (χ1n) is 19.6. The number of esters is 2. The van der Waals surface area contributed by atoms with Gasteiger partial charge in [-0.1, -0.05) is 159 Å². The van der Waals surface area contributed by atoms with Gasteiger partial charge in [0.2, 0.25) is 11.5 Å². The van der Waals surface area contributed by atoms with Crippen LogP contribution < -0.4 is 0 Å². The van der Waals surface area contributed by atoms with Crippen molar-refractivity contribution in [3.05, 3.63) is 11.5 Å². The van der Waals surface area contributed by atoms with E-state index in [0.29, 0.717) is 0 Å². The van der Waals surface area contributed by atoms with Crippen molar-refractivity contribution in [2.24, 2.45) is 34.5 Å². The number of aliphatic hydroxyl groups is 3. The molecule has 1 aliphatic heterocycles. The molecule has 0 saturated carbocycles. The lowest BCUT2D eigenvalue weighted by Gasteiger charge is -2.61. The lowest BCUT2D eigenvalue weighted by Crippen LogP contribution is -2.62. The average molecular weight is 667 g/mol. The summed E-state index contributed by atoms with van der Waals surface area (Å²) in [6, 6.07) is 0. The SMILES string of the molecule is CCCCCCCC(C(C)CCCC)(C(C)CCCC)C(C(=O)OC1=C(O)C(=O)OC1C(O)CO)(C(C)CCCC)C(C)CCCC. The molecule has 276 valence electrons. The molecule has 1 aliphatic rings. The van der Waals surface area contributed by atoms with Crippen LogP contribution in [-0.2, 0) is 19.1 Å². The van der Waals surface area contributed by atoms with Crippen molar-refractivity contribution in [2.45, 2.75) is 190 Å². The molecule has 7 nitrogen and oxygen atoms in total. The Balaban J connectivity index is 4.23. The summed E-state index contributed by atoms with van der Waals surface area (Å²) in [5, 5.41) is 31.2. The number of unbranched alkanes of at least 4 members (excludes halogenated alkanes) is 8. The van der Waals surface area contributed by atoms with E-state index in [1.165, 1.54) is 19.3 Å². The van der Waals surface area contributed by atoms with Crippen molar-refractivity contribution >= 4 is 11.9 Å². The van der Waals surface area contributed by atoms with Crippen LogP contribution in [0.5, 0.6) is 0 Å². The van der Waals surface area contributed by atoms with Gasteiger partial charge in [0.15, 0.2) is 6.10 Å².